The van der Waals surface area contributed by atoms with Gasteiger partial charge in [0.2, 0.25) is 0 Å². The summed E-state index contributed by atoms with van der Waals surface area (Å²) in [5.41, 5.74) is 15.5. The molecule has 0 saturated carbocycles. The van der Waals surface area contributed by atoms with Crippen molar-refractivity contribution >= 4 is 109 Å². The summed E-state index contributed by atoms with van der Waals surface area (Å²) in [6.07, 6.45) is 17.9. The predicted octanol–water partition coefficient (Wildman–Crippen LogP) is 15.5. The fourth-order valence-corrected chi connectivity index (χ4v) is 12.4. The van der Waals surface area contributed by atoms with Gasteiger partial charge in [0.15, 0.2) is 0 Å². The molecule has 5 aliphatic rings. The molecule has 0 amide bonds. The van der Waals surface area contributed by atoms with Crippen molar-refractivity contribution in [3.05, 3.63) is 198 Å². The molecule has 0 saturated heterocycles. The van der Waals surface area contributed by atoms with Crippen LogP contribution in [-0.4, -0.2) is 14.7 Å². The van der Waals surface area contributed by atoms with E-state index in [0.29, 0.717) is 0 Å². The zero-order chi connectivity index (χ0) is 40.2. The lowest BCUT2D eigenvalue weighted by molar-refractivity contribution is 0.568. The molecule has 0 spiro atoms. The molecule has 0 radical (unpaired) electrons. The van der Waals surface area contributed by atoms with Crippen LogP contribution in [0, 0.1) is 5.92 Å². The van der Waals surface area contributed by atoms with Gasteiger partial charge in [-0.05, 0) is 117 Å². The van der Waals surface area contributed by atoms with Gasteiger partial charge >= 0.3 is 0 Å². The lowest BCUT2D eigenvalue weighted by atomic mass is 9.74. The number of aromatic nitrogens is 2. The van der Waals surface area contributed by atoms with Crippen molar-refractivity contribution in [3.8, 4) is 0 Å². The minimum atomic E-state index is 0.152. The van der Waals surface area contributed by atoms with Crippen LogP contribution in [0.4, 0.5) is 0 Å². The minimum absolute atomic E-state index is 0.152. The summed E-state index contributed by atoms with van der Waals surface area (Å²) in [6, 6.07) is 53.1. The molecular formula is C59H39N3. The number of allylic oxidation sites excluding steroid dienone is 9. The average molecular weight is 790 g/mol. The fraction of sp³-hybridized carbons (Fsp3) is 0.102. The number of benzene rings is 8. The van der Waals surface area contributed by atoms with E-state index in [1.165, 1.54) is 120 Å². The quantitative estimate of drug-likeness (QED) is 0.158. The van der Waals surface area contributed by atoms with Crippen LogP contribution in [0.5, 0.6) is 0 Å². The number of hydrogen-bond acceptors (Lipinski definition) is 1. The number of nitrogens with zero attached hydrogens (tertiary/aromatic N) is 3. The van der Waals surface area contributed by atoms with Crippen molar-refractivity contribution in [2.75, 3.05) is 0 Å². The Labute approximate surface area is 357 Å². The average Bonchev–Trinajstić information content (AvgIpc) is 3.96. The molecule has 0 fully saturated rings. The molecule has 3 nitrogen and oxygen atoms in total. The Morgan fingerprint density at radius 2 is 1.29 bits per heavy atom. The molecule has 2 aliphatic carbocycles. The van der Waals surface area contributed by atoms with Crippen LogP contribution < -0.4 is 0 Å². The maximum absolute atomic E-state index is 5.81. The molecule has 0 N–H and O–H groups in total. The van der Waals surface area contributed by atoms with E-state index >= 15 is 0 Å². The summed E-state index contributed by atoms with van der Waals surface area (Å²) in [5, 5.41) is 15.7. The van der Waals surface area contributed by atoms with E-state index in [0.717, 1.165) is 37.1 Å². The first-order valence-corrected chi connectivity index (χ1v) is 22.3. The second-order valence-electron chi connectivity index (χ2n) is 18.0. The van der Waals surface area contributed by atoms with E-state index in [-0.39, 0.29) is 11.8 Å². The van der Waals surface area contributed by atoms with Gasteiger partial charge in [-0.1, -0.05) is 140 Å². The molecular weight excluding hydrogens is 751 g/mol. The van der Waals surface area contributed by atoms with Crippen LogP contribution in [-0.2, 0) is 0 Å². The second kappa shape index (κ2) is 12.1. The van der Waals surface area contributed by atoms with Gasteiger partial charge in [0.25, 0.3) is 0 Å². The summed E-state index contributed by atoms with van der Waals surface area (Å²) in [6.45, 7) is 0. The van der Waals surface area contributed by atoms with Gasteiger partial charge in [0.05, 0.1) is 33.3 Å². The summed E-state index contributed by atoms with van der Waals surface area (Å²) in [7, 11) is 0. The van der Waals surface area contributed by atoms with E-state index in [1.54, 1.807) is 0 Å². The summed E-state index contributed by atoms with van der Waals surface area (Å²) in [5.74, 6) is 0.399. The second-order valence-corrected chi connectivity index (χ2v) is 18.0. The Morgan fingerprint density at radius 3 is 2.18 bits per heavy atom. The van der Waals surface area contributed by atoms with Crippen molar-refractivity contribution in [2.24, 2.45) is 10.9 Å². The van der Waals surface area contributed by atoms with Crippen LogP contribution in [0.15, 0.2) is 192 Å². The third kappa shape index (κ3) is 4.28. The first kappa shape index (κ1) is 33.3. The Hall–Kier alpha value is -7.49. The SMILES string of the molecule is C1=CC2=NC(c3ccc4ccccc4c3)=C3CCC(c4cccc5cc6c7cccc8c9c%10ccccc%10c%10c%11ccccc%11n(c%10c9n(c6cc45)c78)C4=CC=C3CC4)C2C=C1. The molecule has 6 heterocycles. The number of fused-ring (bicyclic) bond motifs is 11. The molecule has 290 valence electrons. The fourth-order valence-electron chi connectivity index (χ4n) is 12.4. The van der Waals surface area contributed by atoms with E-state index < -0.39 is 0 Å². The normalized spacial score (nSPS) is 18.8. The van der Waals surface area contributed by atoms with Gasteiger partial charge in [-0.3, -0.25) is 4.99 Å². The first-order chi connectivity index (χ1) is 30.8. The van der Waals surface area contributed by atoms with Crippen molar-refractivity contribution in [1.82, 2.24) is 8.97 Å². The first-order valence-electron chi connectivity index (χ1n) is 22.3. The van der Waals surface area contributed by atoms with Gasteiger partial charge in [-0.25, -0.2) is 0 Å². The van der Waals surface area contributed by atoms with Gasteiger partial charge in [-0.15, -0.1) is 0 Å². The highest BCUT2D eigenvalue weighted by Crippen LogP contribution is 2.51. The zero-order valence-electron chi connectivity index (χ0n) is 34.1. The highest BCUT2D eigenvalue weighted by Gasteiger charge is 2.33. The molecule has 16 rings (SSSR count). The third-order valence-corrected chi connectivity index (χ3v) is 15.0. The molecule has 3 aliphatic heterocycles. The standard InChI is InChI=1S/C59H39N3/c1-2-12-36-31-38(24-23-34(36)11-1)56-40-29-30-42(43-14-5-7-21-51(43)60-56)41-18-9-13-37-32-50-46-19-10-20-48-55-45-16-4-3-15-44(45)54-47-17-6-8-22-52(47)61(39-27-25-35(40)26-28-39)58(54)59(55)62(57(46)48)53(50)33-49(37)41/h1-25,27,31-33,42-43H,26,28-30H2. The Kier molecular flexibility index (Phi) is 6.48. The molecule has 11 aromatic rings. The molecule has 62 heavy (non-hydrogen) atoms. The maximum atomic E-state index is 5.81. The highest BCUT2D eigenvalue weighted by atomic mass is 15.0. The van der Waals surface area contributed by atoms with Crippen molar-refractivity contribution in [1.29, 1.82) is 0 Å². The van der Waals surface area contributed by atoms with Crippen LogP contribution in [0.25, 0.3) is 104 Å². The van der Waals surface area contributed by atoms with E-state index in [9.17, 15) is 0 Å². The van der Waals surface area contributed by atoms with E-state index in [4.69, 9.17) is 4.99 Å². The topological polar surface area (TPSA) is 21.7 Å². The van der Waals surface area contributed by atoms with Crippen molar-refractivity contribution < 1.29 is 0 Å². The monoisotopic (exact) mass is 789 g/mol. The van der Waals surface area contributed by atoms with Gasteiger partial charge in [0, 0.05) is 55.2 Å². The Bertz CT molecular complexity index is 4040. The number of aliphatic imine (C=N–C) groups is 1. The van der Waals surface area contributed by atoms with Crippen LogP contribution in [0.3, 0.4) is 0 Å². The Balaban J connectivity index is 1.15. The van der Waals surface area contributed by atoms with Gasteiger partial charge in [-0.2, -0.15) is 0 Å². The van der Waals surface area contributed by atoms with E-state index in [2.05, 4.69) is 185 Å². The summed E-state index contributed by atoms with van der Waals surface area (Å²) >= 11 is 0. The smallest absolute Gasteiger partial charge is 0.0795 e. The van der Waals surface area contributed by atoms with Crippen LogP contribution >= 0.6 is 0 Å². The Morgan fingerprint density at radius 1 is 0.516 bits per heavy atom. The lowest BCUT2D eigenvalue weighted by Gasteiger charge is -2.32. The zero-order valence-corrected chi connectivity index (χ0v) is 34.1. The molecule has 2 atom stereocenters. The molecule has 3 heteroatoms. The number of para-hydroxylation sites is 2. The number of rotatable bonds is 1. The van der Waals surface area contributed by atoms with Gasteiger partial charge < -0.3 is 8.97 Å². The predicted molar refractivity (Wildman–Crippen MR) is 263 cm³/mol. The van der Waals surface area contributed by atoms with Crippen molar-refractivity contribution in [3.63, 3.8) is 0 Å². The van der Waals surface area contributed by atoms with Crippen LogP contribution in [0.1, 0.15) is 42.7 Å². The summed E-state index contributed by atoms with van der Waals surface area (Å²) < 4.78 is 5.30. The maximum Gasteiger partial charge on any atom is 0.0795 e. The van der Waals surface area contributed by atoms with Crippen molar-refractivity contribution in [2.45, 2.75) is 31.6 Å². The number of hydrogen-bond donors (Lipinski definition) is 0. The highest BCUT2D eigenvalue weighted by molar-refractivity contribution is 6.39. The minimum Gasteiger partial charge on any atom is -0.311 e. The third-order valence-electron chi connectivity index (χ3n) is 15.0. The van der Waals surface area contributed by atoms with Gasteiger partial charge in [0.1, 0.15) is 0 Å². The molecule has 3 aromatic heterocycles. The molecule has 6 bridgehead atoms. The molecule has 2 unspecified atom stereocenters. The summed E-state index contributed by atoms with van der Waals surface area (Å²) in [4.78, 5) is 5.81. The van der Waals surface area contributed by atoms with E-state index in [1.807, 2.05) is 0 Å². The van der Waals surface area contributed by atoms with Crippen LogP contribution in [0.2, 0.25) is 0 Å². The molecule has 8 aromatic carbocycles. The lowest BCUT2D eigenvalue weighted by Crippen LogP contribution is -2.23. The largest absolute Gasteiger partial charge is 0.311 e.